The van der Waals surface area contributed by atoms with E-state index in [-0.39, 0.29) is 16.7 Å². The number of amides is 1. The van der Waals surface area contributed by atoms with Gasteiger partial charge in [0.05, 0.1) is 0 Å². The molecular formula is C13H15N3O3S2. The number of hydrogen-bond acceptors (Lipinski definition) is 5. The second kappa shape index (κ2) is 6.25. The van der Waals surface area contributed by atoms with E-state index in [1.807, 2.05) is 0 Å². The molecule has 1 aromatic heterocycles. The number of sulfonamides is 1. The number of thiophene rings is 1. The maximum Gasteiger partial charge on any atom is 0.250 e. The van der Waals surface area contributed by atoms with Crippen molar-refractivity contribution >= 4 is 38.6 Å². The first-order valence-corrected chi connectivity index (χ1v) is 8.43. The summed E-state index contributed by atoms with van der Waals surface area (Å²) in [5.41, 5.74) is 7.41. The van der Waals surface area contributed by atoms with Gasteiger partial charge in [0, 0.05) is 30.2 Å². The Morgan fingerprint density at radius 2 is 1.95 bits per heavy atom. The first kappa shape index (κ1) is 15.5. The Bertz CT molecular complexity index is 736. The van der Waals surface area contributed by atoms with E-state index >= 15 is 0 Å². The van der Waals surface area contributed by atoms with Crippen LogP contribution in [0.5, 0.6) is 0 Å². The minimum atomic E-state index is -3.55. The number of hydrogen-bond donors (Lipinski definition) is 3. The molecule has 1 amide bonds. The molecule has 0 fully saturated rings. The number of benzene rings is 1. The second-order valence-electron chi connectivity index (χ2n) is 4.40. The molecular weight excluding hydrogens is 310 g/mol. The maximum atomic E-state index is 12.0. The van der Waals surface area contributed by atoms with E-state index in [0.29, 0.717) is 11.4 Å². The van der Waals surface area contributed by atoms with E-state index in [9.17, 15) is 13.2 Å². The highest BCUT2D eigenvalue weighted by Crippen LogP contribution is 2.21. The number of nitrogen functional groups attached to an aromatic ring is 1. The SMILES string of the molecule is CC(=O)Nc1ccc(CNS(=O)(=O)c2cc(N)cs2)cc1. The summed E-state index contributed by atoms with van der Waals surface area (Å²) in [4.78, 5) is 10.9. The molecule has 2 aromatic rings. The molecule has 112 valence electrons. The quantitative estimate of drug-likeness (QED) is 0.779. The number of carbonyl (C=O) groups excluding carboxylic acids is 1. The van der Waals surface area contributed by atoms with Gasteiger partial charge in [-0.25, -0.2) is 13.1 Å². The van der Waals surface area contributed by atoms with Crippen LogP contribution in [0.3, 0.4) is 0 Å². The molecule has 1 aromatic carbocycles. The van der Waals surface area contributed by atoms with Gasteiger partial charge in [0.15, 0.2) is 0 Å². The third-order valence-electron chi connectivity index (χ3n) is 2.60. The van der Waals surface area contributed by atoms with Crippen LogP contribution in [-0.2, 0) is 21.4 Å². The van der Waals surface area contributed by atoms with Crippen molar-refractivity contribution in [3.05, 3.63) is 41.3 Å². The molecule has 6 nitrogen and oxygen atoms in total. The molecule has 2 rings (SSSR count). The summed E-state index contributed by atoms with van der Waals surface area (Å²) in [6.07, 6.45) is 0. The van der Waals surface area contributed by atoms with Gasteiger partial charge in [-0.05, 0) is 23.8 Å². The van der Waals surface area contributed by atoms with Crippen molar-refractivity contribution in [2.75, 3.05) is 11.1 Å². The molecule has 0 aliphatic rings. The highest BCUT2D eigenvalue weighted by atomic mass is 32.2. The predicted octanol–water partition coefficient (Wildman–Crippen LogP) is 1.77. The molecule has 8 heteroatoms. The van der Waals surface area contributed by atoms with Crippen molar-refractivity contribution in [2.45, 2.75) is 17.7 Å². The topological polar surface area (TPSA) is 101 Å². The lowest BCUT2D eigenvalue weighted by atomic mass is 10.2. The highest BCUT2D eigenvalue weighted by Gasteiger charge is 2.15. The predicted molar refractivity (Wildman–Crippen MR) is 83.5 cm³/mol. The molecule has 0 aliphatic carbocycles. The zero-order valence-corrected chi connectivity index (χ0v) is 12.9. The van der Waals surface area contributed by atoms with E-state index < -0.39 is 10.0 Å². The van der Waals surface area contributed by atoms with Crippen LogP contribution in [-0.4, -0.2) is 14.3 Å². The van der Waals surface area contributed by atoms with Crippen LogP contribution in [0.25, 0.3) is 0 Å². The fourth-order valence-corrected chi connectivity index (χ4v) is 3.77. The lowest BCUT2D eigenvalue weighted by Gasteiger charge is -2.06. The van der Waals surface area contributed by atoms with Crippen LogP contribution < -0.4 is 15.8 Å². The van der Waals surface area contributed by atoms with Crippen molar-refractivity contribution in [2.24, 2.45) is 0 Å². The Kier molecular flexibility index (Phi) is 4.61. The average molecular weight is 325 g/mol. The maximum absolute atomic E-state index is 12.0. The van der Waals surface area contributed by atoms with Crippen LogP contribution >= 0.6 is 11.3 Å². The number of carbonyl (C=O) groups is 1. The van der Waals surface area contributed by atoms with Gasteiger partial charge in [0.2, 0.25) is 15.9 Å². The normalized spacial score (nSPS) is 11.3. The first-order chi connectivity index (χ1) is 9.87. The van der Waals surface area contributed by atoms with Gasteiger partial charge in [-0.15, -0.1) is 11.3 Å². The van der Waals surface area contributed by atoms with Gasteiger partial charge in [-0.2, -0.15) is 0 Å². The van der Waals surface area contributed by atoms with E-state index in [1.165, 1.54) is 13.0 Å². The average Bonchev–Trinajstić information content (AvgIpc) is 2.85. The Labute approximate surface area is 127 Å². The van der Waals surface area contributed by atoms with Gasteiger partial charge in [-0.1, -0.05) is 12.1 Å². The van der Waals surface area contributed by atoms with Crippen LogP contribution in [0.4, 0.5) is 11.4 Å². The highest BCUT2D eigenvalue weighted by molar-refractivity contribution is 7.91. The van der Waals surface area contributed by atoms with Crippen molar-refractivity contribution in [1.82, 2.24) is 4.72 Å². The molecule has 0 bridgehead atoms. The molecule has 0 saturated heterocycles. The summed E-state index contributed by atoms with van der Waals surface area (Å²) in [6.45, 7) is 1.59. The summed E-state index contributed by atoms with van der Waals surface area (Å²) in [5.74, 6) is -0.154. The fourth-order valence-electron chi connectivity index (χ4n) is 1.63. The molecule has 0 atom stereocenters. The molecule has 0 spiro atoms. The van der Waals surface area contributed by atoms with E-state index in [4.69, 9.17) is 5.73 Å². The molecule has 0 unspecified atom stereocenters. The Hall–Kier alpha value is -1.90. The molecule has 21 heavy (non-hydrogen) atoms. The zero-order chi connectivity index (χ0) is 15.5. The van der Waals surface area contributed by atoms with Crippen LogP contribution in [0.1, 0.15) is 12.5 Å². The molecule has 1 heterocycles. The smallest absolute Gasteiger partial charge is 0.250 e. The summed E-state index contributed by atoms with van der Waals surface area (Å²) >= 11 is 1.08. The summed E-state index contributed by atoms with van der Waals surface area (Å²) < 4.78 is 26.7. The van der Waals surface area contributed by atoms with Gasteiger partial charge in [0.25, 0.3) is 0 Å². The molecule has 0 saturated carbocycles. The Morgan fingerprint density at radius 3 is 2.48 bits per heavy atom. The van der Waals surface area contributed by atoms with E-state index in [2.05, 4.69) is 10.0 Å². The lowest BCUT2D eigenvalue weighted by Crippen LogP contribution is -2.22. The van der Waals surface area contributed by atoms with Crippen molar-refractivity contribution in [1.29, 1.82) is 0 Å². The lowest BCUT2D eigenvalue weighted by molar-refractivity contribution is -0.114. The Balaban J connectivity index is 2.01. The second-order valence-corrected chi connectivity index (χ2v) is 7.31. The van der Waals surface area contributed by atoms with Gasteiger partial charge < -0.3 is 11.1 Å². The summed E-state index contributed by atoms with van der Waals surface area (Å²) in [7, 11) is -3.55. The minimum Gasteiger partial charge on any atom is -0.398 e. The van der Waals surface area contributed by atoms with Crippen molar-refractivity contribution < 1.29 is 13.2 Å². The van der Waals surface area contributed by atoms with Gasteiger partial charge in [0.1, 0.15) is 4.21 Å². The largest absolute Gasteiger partial charge is 0.398 e. The minimum absolute atomic E-state index is 0.154. The van der Waals surface area contributed by atoms with Crippen molar-refractivity contribution in [3.8, 4) is 0 Å². The number of anilines is 2. The van der Waals surface area contributed by atoms with E-state index in [0.717, 1.165) is 16.9 Å². The van der Waals surface area contributed by atoms with E-state index in [1.54, 1.807) is 29.6 Å². The number of nitrogens with one attached hydrogen (secondary N) is 2. The van der Waals surface area contributed by atoms with Gasteiger partial charge in [-0.3, -0.25) is 4.79 Å². The number of nitrogens with two attached hydrogens (primary N) is 1. The summed E-state index contributed by atoms with van der Waals surface area (Å²) in [5, 5.41) is 4.22. The van der Waals surface area contributed by atoms with Crippen LogP contribution in [0.2, 0.25) is 0 Å². The molecule has 0 radical (unpaired) electrons. The zero-order valence-electron chi connectivity index (χ0n) is 11.3. The monoisotopic (exact) mass is 325 g/mol. The Morgan fingerprint density at radius 1 is 1.29 bits per heavy atom. The third-order valence-corrected chi connectivity index (χ3v) is 5.46. The first-order valence-electron chi connectivity index (χ1n) is 6.07. The van der Waals surface area contributed by atoms with Gasteiger partial charge >= 0.3 is 0 Å². The molecule has 4 N–H and O–H groups in total. The third kappa shape index (κ3) is 4.28. The number of rotatable bonds is 5. The van der Waals surface area contributed by atoms with Crippen molar-refractivity contribution in [3.63, 3.8) is 0 Å². The fraction of sp³-hybridized carbons (Fsp3) is 0.154. The standard InChI is InChI=1S/C13H15N3O3S2/c1-9(17)16-12-4-2-10(3-5-12)7-15-21(18,19)13-6-11(14)8-20-13/h2-6,8,15H,7,14H2,1H3,(H,16,17). The summed E-state index contributed by atoms with van der Waals surface area (Å²) in [6, 6.07) is 8.35. The van der Waals surface area contributed by atoms with Crippen LogP contribution in [0.15, 0.2) is 39.9 Å². The van der Waals surface area contributed by atoms with Crippen LogP contribution in [0, 0.1) is 0 Å². The molecule has 0 aliphatic heterocycles.